The van der Waals surface area contributed by atoms with Crippen molar-refractivity contribution in [2.75, 3.05) is 44.2 Å². The van der Waals surface area contributed by atoms with Gasteiger partial charge in [-0.25, -0.2) is 0 Å². The van der Waals surface area contributed by atoms with Crippen LogP contribution < -0.4 is 4.90 Å². The molecule has 4 heterocycles. The normalized spacial score (nSPS) is 20.7. The Kier molecular flexibility index (Phi) is 5.38. The second-order valence-corrected chi connectivity index (χ2v) is 9.36. The van der Waals surface area contributed by atoms with Crippen molar-refractivity contribution in [2.45, 2.75) is 40.5 Å². The van der Waals surface area contributed by atoms with Crippen molar-refractivity contribution in [1.82, 2.24) is 29.6 Å². The van der Waals surface area contributed by atoms with E-state index in [-0.39, 0.29) is 17.7 Å². The predicted molar refractivity (Wildman–Crippen MR) is 113 cm³/mol. The minimum atomic E-state index is -0.409. The fourth-order valence-corrected chi connectivity index (χ4v) is 4.31. The van der Waals surface area contributed by atoms with Crippen LogP contribution >= 0.6 is 0 Å². The molecule has 2 aliphatic rings. The Labute approximate surface area is 177 Å². The van der Waals surface area contributed by atoms with Gasteiger partial charge in [0.05, 0.1) is 5.92 Å². The number of piperidine rings is 1. The molecule has 9 nitrogen and oxygen atoms in total. The SMILES string of the molecule is Cc1nnc2ccc(N3CCN(C(=O)C4CCCN(C(=O)C(C)(C)C)C4)CC3)nn12. The Morgan fingerprint density at radius 2 is 1.73 bits per heavy atom. The molecule has 2 aliphatic heterocycles. The van der Waals surface area contributed by atoms with Gasteiger partial charge < -0.3 is 14.7 Å². The highest BCUT2D eigenvalue weighted by Crippen LogP contribution is 2.25. The molecule has 0 bridgehead atoms. The molecule has 2 amide bonds. The van der Waals surface area contributed by atoms with Gasteiger partial charge in [0, 0.05) is 44.7 Å². The Morgan fingerprint density at radius 1 is 1.00 bits per heavy atom. The highest BCUT2D eigenvalue weighted by Gasteiger charge is 2.35. The molecule has 0 radical (unpaired) electrons. The van der Waals surface area contributed by atoms with Crippen molar-refractivity contribution >= 4 is 23.3 Å². The predicted octanol–water partition coefficient (Wildman–Crippen LogP) is 1.37. The summed E-state index contributed by atoms with van der Waals surface area (Å²) in [6.45, 7) is 11.8. The number of rotatable bonds is 2. The molecule has 0 aromatic carbocycles. The largest absolute Gasteiger partial charge is 0.352 e. The minimum absolute atomic E-state index is 0.0919. The lowest BCUT2D eigenvalue weighted by atomic mass is 9.90. The topological polar surface area (TPSA) is 86.9 Å². The third-order valence-electron chi connectivity index (χ3n) is 6.02. The van der Waals surface area contributed by atoms with Crippen molar-refractivity contribution in [2.24, 2.45) is 11.3 Å². The van der Waals surface area contributed by atoms with Crippen molar-refractivity contribution < 1.29 is 9.59 Å². The Balaban J connectivity index is 1.36. The Morgan fingerprint density at radius 3 is 2.43 bits per heavy atom. The van der Waals surface area contributed by atoms with Crippen LogP contribution in [0.25, 0.3) is 5.65 Å². The molecule has 162 valence electrons. The van der Waals surface area contributed by atoms with Crippen LogP contribution in [0.3, 0.4) is 0 Å². The summed E-state index contributed by atoms with van der Waals surface area (Å²) in [7, 11) is 0. The van der Waals surface area contributed by atoms with Crippen LogP contribution in [0.5, 0.6) is 0 Å². The first kappa shape index (κ1) is 20.6. The fourth-order valence-electron chi connectivity index (χ4n) is 4.31. The molecule has 1 atom stereocenters. The number of carbonyl (C=O) groups excluding carboxylic acids is 2. The molecular weight excluding hydrogens is 382 g/mol. The first-order chi connectivity index (χ1) is 14.2. The van der Waals surface area contributed by atoms with Gasteiger partial charge in [-0.05, 0) is 31.9 Å². The lowest BCUT2D eigenvalue weighted by Crippen LogP contribution is -2.54. The number of piperazine rings is 1. The molecule has 30 heavy (non-hydrogen) atoms. The Hall–Kier alpha value is -2.71. The molecule has 0 spiro atoms. The summed E-state index contributed by atoms with van der Waals surface area (Å²) in [5.41, 5.74) is 0.324. The van der Waals surface area contributed by atoms with Gasteiger partial charge in [-0.15, -0.1) is 15.3 Å². The monoisotopic (exact) mass is 413 g/mol. The van der Waals surface area contributed by atoms with Gasteiger partial charge in [0.1, 0.15) is 5.82 Å². The van der Waals surface area contributed by atoms with E-state index >= 15 is 0 Å². The summed E-state index contributed by atoms with van der Waals surface area (Å²) in [5.74, 6) is 1.85. The van der Waals surface area contributed by atoms with Crippen LogP contribution in [-0.4, -0.2) is 80.7 Å². The van der Waals surface area contributed by atoms with Crippen LogP contribution in [0.2, 0.25) is 0 Å². The summed E-state index contributed by atoms with van der Waals surface area (Å²) in [6, 6.07) is 3.88. The van der Waals surface area contributed by atoms with E-state index in [0.29, 0.717) is 19.6 Å². The molecule has 1 unspecified atom stereocenters. The van der Waals surface area contributed by atoms with Crippen molar-refractivity contribution in [1.29, 1.82) is 0 Å². The second kappa shape index (κ2) is 7.85. The maximum atomic E-state index is 13.1. The van der Waals surface area contributed by atoms with E-state index in [1.54, 1.807) is 4.52 Å². The molecule has 2 fully saturated rings. The lowest BCUT2D eigenvalue weighted by Gasteiger charge is -2.40. The van der Waals surface area contributed by atoms with Crippen LogP contribution in [0.4, 0.5) is 5.82 Å². The summed E-state index contributed by atoms with van der Waals surface area (Å²) in [4.78, 5) is 31.8. The van der Waals surface area contributed by atoms with Crippen molar-refractivity contribution in [3.63, 3.8) is 0 Å². The molecular formula is C21H31N7O2. The minimum Gasteiger partial charge on any atom is -0.352 e. The number of likely N-dealkylation sites (tertiary alicyclic amines) is 1. The van der Waals surface area contributed by atoms with Gasteiger partial charge in [0.15, 0.2) is 11.5 Å². The van der Waals surface area contributed by atoms with E-state index in [4.69, 9.17) is 0 Å². The number of hydrogen-bond donors (Lipinski definition) is 0. The zero-order valence-electron chi connectivity index (χ0n) is 18.3. The lowest BCUT2D eigenvalue weighted by molar-refractivity contribution is -0.145. The molecule has 0 aliphatic carbocycles. The summed E-state index contributed by atoms with van der Waals surface area (Å²) in [6.07, 6.45) is 1.75. The van der Waals surface area contributed by atoms with E-state index in [9.17, 15) is 9.59 Å². The van der Waals surface area contributed by atoms with E-state index < -0.39 is 5.41 Å². The maximum absolute atomic E-state index is 13.1. The third-order valence-corrected chi connectivity index (χ3v) is 6.02. The average Bonchev–Trinajstić information content (AvgIpc) is 3.12. The maximum Gasteiger partial charge on any atom is 0.227 e. The van der Waals surface area contributed by atoms with Crippen LogP contribution in [-0.2, 0) is 9.59 Å². The zero-order chi connectivity index (χ0) is 21.5. The molecule has 0 N–H and O–H groups in total. The van der Waals surface area contributed by atoms with Gasteiger partial charge in [-0.1, -0.05) is 20.8 Å². The number of fused-ring (bicyclic) bond motifs is 1. The zero-order valence-corrected chi connectivity index (χ0v) is 18.3. The molecule has 4 rings (SSSR count). The number of anilines is 1. The number of carbonyl (C=O) groups is 2. The highest BCUT2D eigenvalue weighted by atomic mass is 16.2. The van der Waals surface area contributed by atoms with Gasteiger partial charge in [0.2, 0.25) is 11.8 Å². The van der Waals surface area contributed by atoms with Crippen LogP contribution in [0.1, 0.15) is 39.4 Å². The second-order valence-electron chi connectivity index (χ2n) is 9.36. The molecule has 9 heteroatoms. The fraction of sp³-hybridized carbons (Fsp3) is 0.667. The summed E-state index contributed by atoms with van der Waals surface area (Å²) >= 11 is 0. The van der Waals surface area contributed by atoms with E-state index in [0.717, 1.165) is 49.8 Å². The number of nitrogens with zero attached hydrogens (tertiary/aromatic N) is 7. The van der Waals surface area contributed by atoms with E-state index in [1.807, 2.05) is 49.6 Å². The van der Waals surface area contributed by atoms with Crippen molar-refractivity contribution in [3.05, 3.63) is 18.0 Å². The summed E-state index contributed by atoms with van der Waals surface area (Å²) in [5, 5.41) is 12.8. The average molecular weight is 414 g/mol. The van der Waals surface area contributed by atoms with Crippen LogP contribution in [0.15, 0.2) is 12.1 Å². The molecule has 2 saturated heterocycles. The first-order valence-corrected chi connectivity index (χ1v) is 10.8. The molecule has 0 saturated carbocycles. The van der Waals surface area contributed by atoms with Gasteiger partial charge >= 0.3 is 0 Å². The summed E-state index contributed by atoms with van der Waals surface area (Å²) < 4.78 is 1.75. The van der Waals surface area contributed by atoms with Gasteiger partial charge in [0.25, 0.3) is 0 Å². The van der Waals surface area contributed by atoms with Crippen LogP contribution in [0, 0.1) is 18.3 Å². The first-order valence-electron chi connectivity index (χ1n) is 10.8. The highest BCUT2D eigenvalue weighted by molar-refractivity contribution is 5.84. The molecule has 2 aromatic heterocycles. The molecule has 2 aromatic rings. The standard InChI is InChI=1S/C21H31N7O2/c1-15-22-23-17-7-8-18(24-28(15)17)25-10-12-26(13-11-25)19(29)16-6-5-9-27(14-16)20(30)21(2,3)4/h7-8,16H,5-6,9-14H2,1-4H3. The van der Waals surface area contributed by atoms with E-state index in [1.165, 1.54) is 0 Å². The smallest absolute Gasteiger partial charge is 0.227 e. The number of aromatic nitrogens is 4. The number of amides is 2. The van der Waals surface area contributed by atoms with Gasteiger partial charge in [-0.3, -0.25) is 9.59 Å². The quantitative estimate of drug-likeness (QED) is 0.739. The van der Waals surface area contributed by atoms with Gasteiger partial charge in [-0.2, -0.15) is 4.52 Å². The Bertz CT molecular complexity index is 940. The number of aryl methyl sites for hydroxylation is 1. The third kappa shape index (κ3) is 3.97. The van der Waals surface area contributed by atoms with Crippen molar-refractivity contribution in [3.8, 4) is 0 Å². The van der Waals surface area contributed by atoms with E-state index in [2.05, 4.69) is 20.2 Å². The number of hydrogen-bond acceptors (Lipinski definition) is 6.